The van der Waals surface area contributed by atoms with Crippen LogP contribution < -0.4 is 5.32 Å². The monoisotopic (exact) mass is 241 g/mol. The molecule has 5 nitrogen and oxygen atoms in total. The van der Waals surface area contributed by atoms with Crippen LogP contribution in [0.3, 0.4) is 0 Å². The lowest BCUT2D eigenvalue weighted by Crippen LogP contribution is -2.11. The summed E-state index contributed by atoms with van der Waals surface area (Å²) in [6.45, 7) is 2.74. The number of nitrogens with zero attached hydrogens (tertiary/aromatic N) is 4. The molecule has 3 rings (SSSR count). The predicted octanol–water partition coefficient (Wildman–Crippen LogP) is 1.55. The third-order valence-corrected chi connectivity index (χ3v) is 3.01. The minimum absolute atomic E-state index is 0.762. The van der Waals surface area contributed by atoms with E-state index in [1.165, 1.54) is 0 Å². The van der Waals surface area contributed by atoms with Gasteiger partial charge in [-0.1, -0.05) is 6.07 Å². The predicted molar refractivity (Wildman–Crippen MR) is 69.8 cm³/mol. The van der Waals surface area contributed by atoms with Crippen molar-refractivity contribution in [2.45, 2.75) is 13.5 Å². The first-order valence-electron chi connectivity index (χ1n) is 5.92. The maximum atomic E-state index is 4.68. The molecule has 3 aromatic heterocycles. The molecule has 3 heterocycles. The highest BCUT2D eigenvalue weighted by atomic mass is 15.2. The number of rotatable bonds is 3. The van der Waals surface area contributed by atoms with Gasteiger partial charge in [-0.15, -0.1) is 0 Å². The van der Waals surface area contributed by atoms with Crippen LogP contribution >= 0.6 is 0 Å². The van der Waals surface area contributed by atoms with Gasteiger partial charge in [-0.05, 0) is 26.1 Å². The number of nitrogens with one attached hydrogen (secondary N) is 1. The van der Waals surface area contributed by atoms with Crippen LogP contribution in [-0.4, -0.2) is 26.0 Å². The highest BCUT2D eigenvalue weighted by Gasteiger charge is 2.13. The molecule has 0 saturated heterocycles. The van der Waals surface area contributed by atoms with Crippen molar-refractivity contribution in [3.05, 3.63) is 48.3 Å². The van der Waals surface area contributed by atoms with E-state index in [1.54, 1.807) is 6.20 Å². The maximum Gasteiger partial charge on any atom is 0.161 e. The molecule has 92 valence electrons. The SMILES string of the molecule is CNCc1c(-n2ccnc2C)nc2ccccn12. The average Bonchev–Trinajstić information content (AvgIpc) is 2.94. The summed E-state index contributed by atoms with van der Waals surface area (Å²) in [4.78, 5) is 8.94. The minimum Gasteiger partial charge on any atom is -0.314 e. The largest absolute Gasteiger partial charge is 0.314 e. The number of hydrogen-bond donors (Lipinski definition) is 1. The topological polar surface area (TPSA) is 47.2 Å². The quantitative estimate of drug-likeness (QED) is 0.756. The highest BCUT2D eigenvalue weighted by Crippen LogP contribution is 2.17. The van der Waals surface area contributed by atoms with E-state index in [9.17, 15) is 0 Å². The Bertz CT molecular complexity index is 680. The number of fused-ring (bicyclic) bond motifs is 1. The van der Waals surface area contributed by atoms with Gasteiger partial charge in [0.05, 0.1) is 5.69 Å². The van der Waals surface area contributed by atoms with Crippen LogP contribution in [0.15, 0.2) is 36.8 Å². The summed E-state index contributed by atoms with van der Waals surface area (Å²) in [5.74, 6) is 1.88. The molecular formula is C13H15N5. The lowest BCUT2D eigenvalue weighted by Gasteiger charge is -2.06. The fourth-order valence-electron chi connectivity index (χ4n) is 2.16. The lowest BCUT2D eigenvalue weighted by molar-refractivity contribution is 0.768. The van der Waals surface area contributed by atoms with Crippen LogP contribution in [0, 0.1) is 6.92 Å². The number of aryl methyl sites for hydroxylation is 1. The molecule has 0 aliphatic rings. The highest BCUT2D eigenvalue weighted by molar-refractivity contribution is 5.49. The van der Waals surface area contributed by atoms with Crippen LogP contribution in [0.5, 0.6) is 0 Å². The van der Waals surface area contributed by atoms with Crippen molar-refractivity contribution in [2.24, 2.45) is 0 Å². The van der Waals surface area contributed by atoms with Crippen molar-refractivity contribution < 1.29 is 0 Å². The number of imidazole rings is 2. The molecule has 0 atom stereocenters. The molecule has 0 bridgehead atoms. The second-order valence-electron chi connectivity index (χ2n) is 4.19. The van der Waals surface area contributed by atoms with E-state index in [4.69, 9.17) is 0 Å². The Balaban J connectivity index is 2.28. The lowest BCUT2D eigenvalue weighted by atomic mass is 10.4. The summed E-state index contributed by atoms with van der Waals surface area (Å²) in [6.07, 6.45) is 5.77. The first-order valence-corrected chi connectivity index (χ1v) is 5.92. The van der Waals surface area contributed by atoms with Crippen LogP contribution in [-0.2, 0) is 6.54 Å². The summed E-state index contributed by atoms with van der Waals surface area (Å²) in [6, 6.07) is 6.02. The zero-order chi connectivity index (χ0) is 12.5. The van der Waals surface area contributed by atoms with Gasteiger partial charge in [0.25, 0.3) is 0 Å². The number of pyridine rings is 1. The van der Waals surface area contributed by atoms with Gasteiger partial charge in [-0.25, -0.2) is 9.97 Å². The standard InChI is InChI=1S/C13H15N5/c1-10-15-6-8-17(10)13-11(9-14-2)18-7-4-3-5-12(18)16-13/h3-8,14H,9H2,1-2H3. The smallest absolute Gasteiger partial charge is 0.161 e. The van der Waals surface area contributed by atoms with Crippen LogP contribution in [0.2, 0.25) is 0 Å². The van der Waals surface area contributed by atoms with Gasteiger partial charge in [0, 0.05) is 25.1 Å². The van der Waals surface area contributed by atoms with E-state index in [-0.39, 0.29) is 0 Å². The Kier molecular flexibility index (Phi) is 2.60. The van der Waals surface area contributed by atoms with Gasteiger partial charge >= 0.3 is 0 Å². The molecular weight excluding hydrogens is 226 g/mol. The van der Waals surface area contributed by atoms with Crippen LogP contribution in [0.25, 0.3) is 11.5 Å². The third-order valence-electron chi connectivity index (χ3n) is 3.01. The van der Waals surface area contributed by atoms with E-state index >= 15 is 0 Å². The minimum atomic E-state index is 0.762. The van der Waals surface area contributed by atoms with Crippen molar-refractivity contribution in [3.63, 3.8) is 0 Å². The normalized spacial score (nSPS) is 11.2. The van der Waals surface area contributed by atoms with Gasteiger partial charge < -0.3 is 9.72 Å². The molecule has 0 aliphatic heterocycles. The zero-order valence-corrected chi connectivity index (χ0v) is 10.5. The molecule has 18 heavy (non-hydrogen) atoms. The van der Waals surface area contributed by atoms with Crippen molar-refractivity contribution in [1.82, 2.24) is 24.3 Å². The molecule has 0 unspecified atom stereocenters. The fraction of sp³-hybridized carbons (Fsp3) is 0.231. The van der Waals surface area contributed by atoms with Crippen LogP contribution in [0.1, 0.15) is 11.5 Å². The van der Waals surface area contributed by atoms with E-state index in [2.05, 4.69) is 19.7 Å². The van der Waals surface area contributed by atoms with E-state index in [0.717, 1.165) is 29.5 Å². The van der Waals surface area contributed by atoms with Gasteiger partial charge in [-0.2, -0.15) is 0 Å². The molecule has 3 aromatic rings. The van der Waals surface area contributed by atoms with Crippen molar-refractivity contribution in [2.75, 3.05) is 7.05 Å². The van der Waals surface area contributed by atoms with Crippen LogP contribution in [0.4, 0.5) is 0 Å². The van der Waals surface area contributed by atoms with E-state index in [0.29, 0.717) is 0 Å². The molecule has 0 amide bonds. The van der Waals surface area contributed by atoms with Crippen molar-refractivity contribution in [3.8, 4) is 5.82 Å². The molecule has 0 aromatic carbocycles. The second kappa shape index (κ2) is 4.27. The molecule has 0 saturated carbocycles. The molecule has 5 heteroatoms. The first-order chi connectivity index (χ1) is 8.81. The zero-order valence-electron chi connectivity index (χ0n) is 10.5. The Morgan fingerprint density at radius 2 is 2.17 bits per heavy atom. The maximum absolute atomic E-state index is 4.68. The Morgan fingerprint density at radius 3 is 2.89 bits per heavy atom. The van der Waals surface area contributed by atoms with E-state index in [1.807, 2.05) is 49.1 Å². The van der Waals surface area contributed by atoms with Gasteiger partial charge in [-0.3, -0.25) is 4.57 Å². The van der Waals surface area contributed by atoms with Crippen molar-refractivity contribution >= 4 is 5.65 Å². The summed E-state index contributed by atoms with van der Waals surface area (Å²) in [5.41, 5.74) is 2.08. The molecule has 0 spiro atoms. The fourth-order valence-corrected chi connectivity index (χ4v) is 2.16. The van der Waals surface area contributed by atoms with Gasteiger partial charge in [0.2, 0.25) is 0 Å². The third kappa shape index (κ3) is 1.60. The first kappa shape index (κ1) is 11.0. The Morgan fingerprint density at radius 1 is 1.28 bits per heavy atom. The number of aromatic nitrogens is 4. The van der Waals surface area contributed by atoms with Gasteiger partial charge in [0.15, 0.2) is 5.82 Å². The summed E-state index contributed by atoms with van der Waals surface area (Å²) < 4.78 is 4.12. The Labute approximate surface area is 105 Å². The summed E-state index contributed by atoms with van der Waals surface area (Å²) >= 11 is 0. The number of hydrogen-bond acceptors (Lipinski definition) is 3. The summed E-state index contributed by atoms with van der Waals surface area (Å²) in [7, 11) is 1.94. The van der Waals surface area contributed by atoms with E-state index < -0.39 is 0 Å². The average molecular weight is 241 g/mol. The molecule has 0 radical (unpaired) electrons. The summed E-state index contributed by atoms with van der Waals surface area (Å²) in [5, 5.41) is 3.19. The Hall–Kier alpha value is -2.14. The molecule has 0 fully saturated rings. The second-order valence-corrected chi connectivity index (χ2v) is 4.19. The molecule has 1 N–H and O–H groups in total. The van der Waals surface area contributed by atoms with Crippen molar-refractivity contribution in [1.29, 1.82) is 0 Å². The molecule has 0 aliphatic carbocycles. The van der Waals surface area contributed by atoms with Gasteiger partial charge in [0.1, 0.15) is 11.5 Å².